The normalized spacial score (nSPS) is 17.8. The Morgan fingerprint density at radius 1 is 0.885 bits per heavy atom. The molecule has 0 aliphatic carbocycles. The number of benzene rings is 2. The van der Waals surface area contributed by atoms with Crippen LogP contribution in [0.4, 0.5) is 11.4 Å². The van der Waals surface area contributed by atoms with Crippen LogP contribution in [-0.2, 0) is 0 Å². The van der Waals surface area contributed by atoms with Gasteiger partial charge in [0.2, 0.25) is 0 Å². The SMILES string of the molecule is OCCC1CCN(CCCN2c3ccccc3Sc3ccccc32)CC1. The second-order valence-electron chi connectivity index (χ2n) is 7.34. The Hall–Kier alpha value is -1.49. The van der Waals surface area contributed by atoms with Crippen molar-refractivity contribution in [3.8, 4) is 0 Å². The van der Waals surface area contributed by atoms with Crippen LogP contribution < -0.4 is 4.90 Å². The molecule has 0 bridgehead atoms. The molecule has 2 aliphatic rings. The van der Waals surface area contributed by atoms with Crippen LogP contribution in [-0.4, -0.2) is 42.8 Å². The second-order valence-corrected chi connectivity index (χ2v) is 8.42. The van der Waals surface area contributed by atoms with Crippen LogP contribution in [0.2, 0.25) is 0 Å². The van der Waals surface area contributed by atoms with Crippen molar-refractivity contribution in [1.29, 1.82) is 0 Å². The molecule has 2 aromatic rings. The summed E-state index contributed by atoms with van der Waals surface area (Å²) < 4.78 is 0. The molecule has 4 rings (SSSR count). The van der Waals surface area contributed by atoms with Gasteiger partial charge in [-0.1, -0.05) is 36.0 Å². The Kier molecular flexibility index (Phi) is 5.83. The molecular weight excluding hydrogens is 340 g/mol. The zero-order valence-electron chi connectivity index (χ0n) is 15.3. The van der Waals surface area contributed by atoms with E-state index in [2.05, 4.69) is 58.3 Å². The molecule has 1 saturated heterocycles. The highest BCUT2D eigenvalue weighted by Gasteiger charge is 2.23. The zero-order chi connectivity index (χ0) is 17.8. The van der Waals surface area contributed by atoms with E-state index in [0.717, 1.165) is 18.9 Å². The van der Waals surface area contributed by atoms with Crippen molar-refractivity contribution < 1.29 is 5.11 Å². The first kappa shape index (κ1) is 17.9. The average Bonchev–Trinajstić information content (AvgIpc) is 2.69. The number of piperidine rings is 1. The Bertz CT molecular complexity index is 682. The summed E-state index contributed by atoms with van der Waals surface area (Å²) in [5.41, 5.74) is 2.69. The van der Waals surface area contributed by atoms with Crippen LogP contribution in [0, 0.1) is 5.92 Å². The van der Waals surface area contributed by atoms with Gasteiger partial charge < -0.3 is 14.9 Å². The van der Waals surface area contributed by atoms with Crippen LogP contribution in [0.25, 0.3) is 0 Å². The predicted molar refractivity (Wildman–Crippen MR) is 109 cm³/mol. The van der Waals surface area contributed by atoms with Crippen molar-refractivity contribution in [3.63, 3.8) is 0 Å². The number of rotatable bonds is 6. The molecule has 2 aliphatic heterocycles. The van der Waals surface area contributed by atoms with Crippen molar-refractivity contribution >= 4 is 23.1 Å². The first-order valence-corrected chi connectivity index (χ1v) is 10.6. The van der Waals surface area contributed by atoms with Crippen molar-refractivity contribution in [3.05, 3.63) is 48.5 Å². The van der Waals surface area contributed by atoms with E-state index in [1.807, 2.05) is 11.8 Å². The van der Waals surface area contributed by atoms with E-state index >= 15 is 0 Å². The maximum atomic E-state index is 9.11. The maximum absolute atomic E-state index is 9.11. The standard InChI is InChI=1S/C22H28N2OS/c25-17-12-18-10-15-23(16-11-18)13-5-14-24-19-6-1-3-8-21(19)26-22-9-4-2-7-20(22)24/h1-4,6-9,18,25H,5,10-17H2. The maximum Gasteiger partial charge on any atom is 0.0552 e. The van der Waals surface area contributed by atoms with Gasteiger partial charge in [0, 0.05) is 22.9 Å². The monoisotopic (exact) mass is 368 g/mol. The lowest BCUT2D eigenvalue weighted by Crippen LogP contribution is -2.36. The molecule has 0 aromatic heterocycles. The van der Waals surface area contributed by atoms with Crippen molar-refractivity contribution in [1.82, 2.24) is 4.90 Å². The van der Waals surface area contributed by atoms with Gasteiger partial charge in [-0.2, -0.15) is 0 Å². The molecule has 3 nitrogen and oxygen atoms in total. The fraction of sp³-hybridized carbons (Fsp3) is 0.455. The molecule has 0 spiro atoms. The van der Waals surface area contributed by atoms with Gasteiger partial charge in [-0.3, -0.25) is 0 Å². The highest BCUT2D eigenvalue weighted by Crippen LogP contribution is 2.47. The predicted octanol–water partition coefficient (Wildman–Crippen LogP) is 4.77. The molecule has 1 fully saturated rings. The lowest BCUT2D eigenvalue weighted by atomic mass is 9.94. The minimum Gasteiger partial charge on any atom is -0.396 e. The molecule has 2 heterocycles. The van der Waals surface area contributed by atoms with Crippen LogP contribution in [0.15, 0.2) is 58.3 Å². The van der Waals surface area contributed by atoms with Crippen molar-refractivity contribution in [2.75, 3.05) is 37.7 Å². The van der Waals surface area contributed by atoms with Gasteiger partial charge in [-0.25, -0.2) is 0 Å². The summed E-state index contributed by atoms with van der Waals surface area (Å²) in [5.74, 6) is 0.731. The molecule has 0 radical (unpaired) electrons. The lowest BCUT2D eigenvalue weighted by Gasteiger charge is -2.35. The fourth-order valence-electron chi connectivity index (χ4n) is 4.16. The van der Waals surface area contributed by atoms with Gasteiger partial charge in [-0.15, -0.1) is 0 Å². The van der Waals surface area contributed by atoms with E-state index in [0.29, 0.717) is 6.61 Å². The van der Waals surface area contributed by atoms with Crippen molar-refractivity contribution in [2.24, 2.45) is 5.92 Å². The van der Waals surface area contributed by atoms with Gasteiger partial charge in [0.25, 0.3) is 0 Å². The molecule has 138 valence electrons. The van der Waals surface area contributed by atoms with E-state index in [-0.39, 0.29) is 0 Å². The molecule has 1 N–H and O–H groups in total. The number of nitrogens with zero attached hydrogens (tertiary/aromatic N) is 2. The van der Waals surface area contributed by atoms with Crippen LogP contribution in [0.5, 0.6) is 0 Å². The molecule has 4 heteroatoms. The van der Waals surface area contributed by atoms with Gasteiger partial charge in [0.05, 0.1) is 11.4 Å². The number of anilines is 2. The average molecular weight is 369 g/mol. The van der Waals surface area contributed by atoms with E-state index in [9.17, 15) is 0 Å². The smallest absolute Gasteiger partial charge is 0.0552 e. The highest BCUT2D eigenvalue weighted by molar-refractivity contribution is 7.99. The van der Waals surface area contributed by atoms with E-state index in [1.165, 1.54) is 60.1 Å². The van der Waals surface area contributed by atoms with E-state index in [4.69, 9.17) is 5.11 Å². The summed E-state index contributed by atoms with van der Waals surface area (Å²) in [5, 5.41) is 9.11. The lowest BCUT2D eigenvalue weighted by molar-refractivity contribution is 0.158. The highest BCUT2D eigenvalue weighted by atomic mass is 32.2. The second kappa shape index (κ2) is 8.47. The first-order valence-electron chi connectivity index (χ1n) is 9.82. The number of fused-ring (bicyclic) bond motifs is 2. The van der Waals surface area contributed by atoms with Crippen LogP contribution in [0.3, 0.4) is 0 Å². The zero-order valence-corrected chi connectivity index (χ0v) is 16.1. The summed E-state index contributed by atoms with van der Waals surface area (Å²) in [7, 11) is 0. The van der Waals surface area contributed by atoms with Crippen molar-refractivity contribution in [2.45, 2.75) is 35.5 Å². The third-order valence-corrected chi connectivity index (χ3v) is 6.76. The summed E-state index contributed by atoms with van der Waals surface area (Å²) in [6, 6.07) is 17.5. The number of aliphatic hydroxyl groups is 1. The molecular formula is C22H28N2OS. The number of aliphatic hydroxyl groups excluding tert-OH is 1. The third-order valence-electron chi connectivity index (χ3n) is 5.63. The van der Waals surface area contributed by atoms with Crippen LogP contribution >= 0.6 is 11.8 Å². The number of likely N-dealkylation sites (tertiary alicyclic amines) is 1. The Morgan fingerprint density at radius 3 is 2.12 bits per heavy atom. The number of hydrogen-bond donors (Lipinski definition) is 1. The number of para-hydroxylation sites is 2. The summed E-state index contributed by atoms with van der Waals surface area (Å²) in [4.78, 5) is 7.82. The fourth-order valence-corrected chi connectivity index (χ4v) is 5.25. The first-order chi connectivity index (χ1) is 12.8. The minimum absolute atomic E-state index is 0.344. The van der Waals surface area contributed by atoms with E-state index < -0.39 is 0 Å². The molecule has 0 unspecified atom stereocenters. The summed E-state index contributed by atoms with van der Waals surface area (Å²) in [6.45, 7) is 4.95. The Morgan fingerprint density at radius 2 is 1.50 bits per heavy atom. The van der Waals surface area contributed by atoms with E-state index in [1.54, 1.807) is 0 Å². The number of hydrogen-bond acceptors (Lipinski definition) is 4. The van der Waals surface area contributed by atoms with Crippen LogP contribution in [0.1, 0.15) is 25.7 Å². The molecule has 0 saturated carbocycles. The van der Waals surface area contributed by atoms with Gasteiger partial charge in [-0.05, 0) is 75.5 Å². The van der Waals surface area contributed by atoms with Gasteiger partial charge >= 0.3 is 0 Å². The topological polar surface area (TPSA) is 26.7 Å². The molecule has 2 aromatic carbocycles. The minimum atomic E-state index is 0.344. The molecule has 0 atom stereocenters. The van der Waals surface area contributed by atoms with Gasteiger partial charge in [0.1, 0.15) is 0 Å². The summed E-state index contributed by atoms with van der Waals surface area (Å²) >= 11 is 1.88. The largest absolute Gasteiger partial charge is 0.396 e. The Labute approximate surface area is 161 Å². The van der Waals surface area contributed by atoms with Gasteiger partial charge in [0.15, 0.2) is 0 Å². The summed E-state index contributed by atoms with van der Waals surface area (Å²) in [6.07, 6.45) is 4.64. The Balaban J connectivity index is 1.38. The molecule has 26 heavy (non-hydrogen) atoms. The third kappa shape index (κ3) is 3.93. The molecule has 0 amide bonds. The quantitative estimate of drug-likeness (QED) is 0.794.